The molecule has 3 heterocycles. The third kappa shape index (κ3) is 6.02. The molecule has 5 nitrogen and oxygen atoms in total. The third-order valence-corrected chi connectivity index (χ3v) is 14.3. The molecule has 0 saturated carbocycles. The minimum Gasteiger partial charge on any atom is -0.456 e. The van der Waals surface area contributed by atoms with Crippen molar-refractivity contribution in [1.82, 2.24) is 19.5 Å². The minimum absolute atomic E-state index is 0.591. The summed E-state index contributed by atoms with van der Waals surface area (Å²) < 4.78 is 9.33. The molecule has 0 spiro atoms. The zero-order valence-corrected chi connectivity index (χ0v) is 37.6. The molecule has 0 bridgehead atoms. The van der Waals surface area contributed by atoms with Crippen molar-refractivity contribution >= 4 is 97.6 Å². The number of fused-ring (bicyclic) bond motifs is 12. The number of furan rings is 1. The maximum Gasteiger partial charge on any atom is 0.164 e. The van der Waals surface area contributed by atoms with Crippen LogP contribution in [0.15, 0.2) is 235 Å². The van der Waals surface area contributed by atoms with Gasteiger partial charge in [-0.2, -0.15) is 0 Å². The summed E-state index contributed by atoms with van der Waals surface area (Å²) in [5, 5.41) is 16.3. The largest absolute Gasteiger partial charge is 0.456 e. The molecule has 15 rings (SSSR count). The maximum atomic E-state index is 6.89. The Morgan fingerprint density at radius 2 is 0.771 bits per heavy atom. The van der Waals surface area contributed by atoms with Crippen molar-refractivity contribution in [3.05, 3.63) is 231 Å². The number of nitrogens with zero attached hydrogens (tertiary/aromatic N) is 4. The number of benzene rings is 12. The van der Waals surface area contributed by atoms with Gasteiger partial charge in [-0.25, -0.2) is 15.0 Å². The van der Waals surface area contributed by atoms with Crippen LogP contribution in [0.5, 0.6) is 0 Å². The number of hydrogen-bond acceptors (Lipinski definition) is 4. The van der Waals surface area contributed by atoms with Crippen LogP contribution in [-0.2, 0) is 0 Å². The molecule has 5 heteroatoms. The van der Waals surface area contributed by atoms with Crippen LogP contribution in [0.4, 0.5) is 0 Å². The standard InChI is InChI=1S/C65H38N4O/c1-2-14-43-32-48(29-24-39(43)12-1)64-66-63(42-27-25-41(26-28-42)51-23-11-19-40-13-7-8-20-50(40)51)67-65(68-64)49-30-31-60-56(35-49)62-53-22-10-9-21-52(53)59(38-61(62)70-60)69-57-36-46-17-5-3-15-44(46)33-54(57)55-34-45-16-4-6-18-47(45)37-58(55)69/h1-38H. The Hall–Kier alpha value is -9.45. The summed E-state index contributed by atoms with van der Waals surface area (Å²) in [7, 11) is 0. The number of hydrogen-bond donors (Lipinski definition) is 0. The van der Waals surface area contributed by atoms with Crippen molar-refractivity contribution in [3.8, 4) is 51.0 Å². The Kier molecular flexibility index (Phi) is 8.29. The number of aromatic nitrogens is 4. The smallest absolute Gasteiger partial charge is 0.164 e. The van der Waals surface area contributed by atoms with E-state index in [4.69, 9.17) is 19.4 Å². The van der Waals surface area contributed by atoms with Gasteiger partial charge in [0.25, 0.3) is 0 Å². The lowest BCUT2D eigenvalue weighted by Crippen LogP contribution is -2.00. The molecule has 70 heavy (non-hydrogen) atoms. The summed E-state index contributed by atoms with van der Waals surface area (Å²) in [5.41, 5.74) is 10.0. The highest BCUT2D eigenvalue weighted by Crippen LogP contribution is 2.44. The molecular formula is C65H38N4O. The fourth-order valence-corrected chi connectivity index (χ4v) is 11.0. The molecule has 15 aromatic rings. The molecule has 0 aliphatic heterocycles. The van der Waals surface area contributed by atoms with Gasteiger partial charge in [0.1, 0.15) is 11.2 Å². The Bertz CT molecular complexity index is 4560. The van der Waals surface area contributed by atoms with E-state index in [0.717, 1.165) is 82.5 Å². The van der Waals surface area contributed by atoms with Crippen LogP contribution in [-0.4, -0.2) is 19.5 Å². The molecule has 12 aromatic carbocycles. The molecular weight excluding hydrogens is 853 g/mol. The van der Waals surface area contributed by atoms with Gasteiger partial charge in [-0.1, -0.05) is 176 Å². The van der Waals surface area contributed by atoms with Gasteiger partial charge in [0.15, 0.2) is 17.5 Å². The maximum absolute atomic E-state index is 6.89. The first-order valence-corrected chi connectivity index (χ1v) is 23.7. The zero-order valence-electron chi connectivity index (χ0n) is 37.6. The lowest BCUT2D eigenvalue weighted by atomic mass is 9.97. The van der Waals surface area contributed by atoms with E-state index in [9.17, 15) is 0 Å². The topological polar surface area (TPSA) is 56.7 Å². The molecule has 324 valence electrons. The van der Waals surface area contributed by atoms with E-state index >= 15 is 0 Å². The molecule has 0 saturated heterocycles. The Labute approximate surface area is 401 Å². The van der Waals surface area contributed by atoms with Gasteiger partial charge in [0, 0.05) is 49.7 Å². The lowest BCUT2D eigenvalue weighted by molar-refractivity contribution is 0.669. The Morgan fingerprint density at radius 1 is 0.286 bits per heavy atom. The molecule has 0 radical (unpaired) electrons. The van der Waals surface area contributed by atoms with E-state index in [0.29, 0.717) is 17.5 Å². The van der Waals surface area contributed by atoms with Crippen LogP contribution in [0, 0.1) is 0 Å². The first-order valence-electron chi connectivity index (χ1n) is 23.7. The summed E-state index contributed by atoms with van der Waals surface area (Å²) in [6.07, 6.45) is 0. The molecule has 0 fully saturated rings. The van der Waals surface area contributed by atoms with E-state index < -0.39 is 0 Å². The van der Waals surface area contributed by atoms with Crippen LogP contribution in [0.3, 0.4) is 0 Å². The SMILES string of the molecule is c1ccc2cc(-c3nc(-c4ccc(-c5cccc6ccccc56)cc4)nc(-c4ccc5oc6cc(-n7c8cc9ccccc9cc8c8cc9ccccc9cc87)c7ccccc7c6c5c4)n3)ccc2c1. The van der Waals surface area contributed by atoms with E-state index in [1.54, 1.807) is 0 Å². The van der Waals surface area contributed by atoms with E-state index in [1.165, 1.54) is 48.7 Å². The van der Waals surface area contributed by atoms with E-state index in [2.05, 4.69) is 235 Å². The zero-order chi connectivity index (χ0) is 45.9. The van der Waals surface area contributed by atoms with Crippen LogP contribution >= 0.6 is 0 Å². The van der Waals surface area contributed by atoms with Gasteiger partial charge in [0.2, 0.25) is 0 Å². The van der Waals surface area contributed by atoms with E-state index in [1.807, 2.05) is 0 Å². The lowest BCUT2D eigenvalue weighted by Gasteiger charge is -2.13. The monoisotopic (exact) mass is 890 g/mol. The quantitative estimate of drug-likeness (QED) is 0.173. The van der Waals surface area contributed by atoms with Gasteiger partial charge < -0.3 is 8.98 Å². The van der Waals surface area contributed by atoms with Gasteiger partial charge in [0.05, 0.1) is 16.7 Å². The summed E-state index contributed by atoms with van der Waals surface area (Å²) in [6.45, 7) is 0. The van der Waals surface area contributed by atoms with Gasteiger partial charge in [-0.15, -0.1) is 0 Å². The van der Waals surface area contributed by atoms with Crippen molar-refractivity contribution in [2.75, 3.05) is 0 Å². The van der Waals surface area contributed by atoms with Gasteiger partial charge >= 0.3 is 0 Å². The van der Waals surface area contributed by atoms with Gasteiger partial charge in [-0.3, -0.25) is 0 Å². The summed E-state index contributed by atoms with van der Waals surface area (Å²) in [5.74, 6) is 1.81. The van der Waals surface area contributed by atoms with Crippen molar-refractivity contribution < 1.29 is 4.42 Å². The summed E-state index contributed by atoms with van der Waals surface area (Å²) in [6, 6.07) is 82.3. The second-order valence-corrected chi connectivity index (χ2v) is 18.4. The van der Waals surface area contributed by atoms with Crippen molar-refractivity contribution in [2.24, 2.45) is 0 Å². The summed E-state index contributed by atoms with van der Waals surface area (Å²) >= 11 is 0. The predicted molar refractivity (Wildman–Crippen MR) is 291 cm³/mol. The second-order valence-electron chi connectivity index (χ2n) is 18.4. The fraction of sp³-hybridized carbons (Fsp3) is 0. The molecule has 0 aliphatic rings. The highest BCUT2D eigenvalue weighted by atomic mass is 16.3. The van der Waals surface area contributed by atoms with E-state index in [-0.39, 0.29) is 0 Å². The molecule has 0 N–H and O–H groups in total. The third-order valence-electron chi connectivity index (χ3n) is 14.3. The van der Waals surface area contributed by atoms with Crippen LogP contribution in [0.1, 0.15) is 0 Å². The van der Waals surface area contributed by atoms with Crippen LogP contribution in [0.25, 0.3) is 149 Å². The normalized spacial score (nSPS) is 12.0. The van der Waals surface area contributed by atoms with Crippen molar-refractivity contribution in [1.29, 1.82) is 0 Å². The average Bonchev–Trinajstić information content (AvgIpc) is 3.95. The highest BCUT2D eigenvalue weighted by Gasteiger charge is 2.22. The molecule has 0 atom stereocenters. The summed E-state index contributed by atoms with van der Waals surface area (Å²) in [4.78, 5) is 15.6. The molecule has 0 unspecified atom stereocenters. The van der Waals surface area contributed by atoms with Gasteiger partial charge in [-0.05, 0) is 108 Å². The Morgan fingerprint density at radius 3 is 1.44 bits per heavy atom. The van der Waals surface area contributed by atoms with Crippen LogP contribution < -0.4 is 0 Å². The van der Waals surface area contributed by atoms with Crippen molar-refractivity contribution in [3.63, 3.8) is 0 Å². The highest BCUT2D eigenvalue weighted by molar-refractivity contribution is 6.23. The predicted octanol–water partition coefficient (Wildman–Crippen LogP) is 17.3. The molecule has 0 aliphatic carbocycles. The first kappa shape index (κ1) is 38.6. The van der Waals surface area contributed by atoms with Crippen molar-refractivity contribution in [2.45, 2.75) is 0 Å². The first-order chi connectivity index (χ1) is 34.6. The fourth-order valence-electron chi connectivity index (χ4n) is 11.0. The second kappa shape index (κ2) is 15.0. The minimum atomic E-state index is 0.591. The molecule has 0 amide bonds. The molecule has 3 aromatic heterocycles. The van der Waals surface area contributed by atoms with Crippen LogP contribution in [0.2, 0.25) is 0 Å². The number of rotatable bonds is 5. The Balaban J connectivity index is 0.921. The average molecular weight is 891 g/mol.